The predicted octanol–water partition coefficient (Wildman–Crippen LogP) is 2.94. The second-order valence-electron chi connectivity index (χ2n) is 7.91. The number of carbonyl (C=O) groups excluding carboxylic acids is 2. The summed E-state index contributed by atoms with van der Waals surface area (Å²) in [5, 5.41) is 5.61. The lowest BCUT2D eigenvalue weighted by Crippen LogP contribution is -2.32. The van der Waals surface area contributed by atoms with Crippen molar-refractivity contribution >= 4 is 39.1 Å². The van der Waals surface area contributed by atoms with Crippen molar-refractivity contribution in [3.63, 3.8) is 0 Å². The maximum atomic E-state index is 12.8. The Kier molecular flexibility index (Phi) is 6.80. The molecule has 32 heavy (non-hydrogen) atoms. The monoisotopic (exact) mass is 477 g/mol. The molecule has 1 saturated heterocycles. The van der Waals surface area contributed by atoms with Crippen LogP contribution in [0.4, 0.5) is 5.69 Å². The molecule has 1 aliphatic heterocycles. The van der Waals surface area contributed by atoms with E-state index in [1.165, 1.54) is 18.2 Å². The van der Waals surface area contributed by atoms with Gasteiger partial charge in [-0.05, 0) is 62.1 Å². The number of nitrogens with one attached hydrogen (secondary N) is 3. The number of amides is 2. The number of benzene rings is 2. The smallest absolute Gasteiger partial charge is 0.255 e. The first-order valence-corrected chi connectivity index (χ1v) is 12.3. The molecule has 8 nitrogen and oxygen atoms in total. The number of ether oxygens (including phenoxy) is 1. The third kappa shape index (κ3) is 5.66. The lowest BCUT2D eigenvalue weighted by Gasteiger charge is -2.13. The molecule has 0 spiro atoms. The van der Waals surface area contributed by atoms with Crippen LogP contribution in [0.1, 0.15) is 46.4 Å². The van der Waals surface area contributed by atoms with Crippen LogP contribution in [-0.2, 0) is 14.8 Å². The average molecular weight is 478 g/mol. The van der Waals surface area contributed by atoms with Crippen molar-refractivity contribution in [1.82, 2.24) is 10.0 Å². The Morgan fingerprint density at radius 3 is 2.53 bits per heavy atom. The molecule has 2 fully saturated rings. The van der Waals surface area contributed by atoms with E-state index in [4.69, 9.17) is 16.3 Å². The lowest BCUT2D eigenvalue weighted by molar-refractivity contribution is 0.0949. The third-order valence-corrected chi connectivity index (χ3v) is 7.21. The summed E-state index contributed by atoms with van der Waals surface area (Å²) in [5.74, 6) is -0.710. The number of rotatable bonds is 8. The van der Waals surface area contributed by atoms with E-state index in [9.17, 15) is 18.0 Å². The molecule has 0 unspecified atom stereocenters. The first-order valence-electron chi connectivity index (χ1n) is 10.4. The lowest BCUT2D eigenvalue weighted by atomic mass is 10.1. The van der Waals surface area contributed by atoms with E-state index in [2.05, 4.69) is 15.4 Å². The van der Waals surface area contributed by atoms with Crippen LogP contribution in [0.25, 0.3) is 0 Å². The average Bonchev–Trinajstić information content (AvgIpc) is 3.42. The summed E-state index contributed by atoms with van der Waals surface area (Å²) in [4.78, 5) is 24.8. The highest BCUT2D eigenvalue weighted by Gasteiger charge is 2.25. The minimum atomic E-state index is -3.93. The number of hydrogen-bond acceptors (Lipinski definition) is 5. The maximum absolute atomic E-state index is 12.8. The summed E-state index contributed by atoms with van der Waals surface area (Å²) in [7, 11) is -3.93. The second-order valence-corrected chi connectivity index (χ2v) is 10.1. The normalized spacial score (nSPS) is 18.3. The molecule has 0 radical (unpaired) electrons. The molecule has 0 bridgehead atoms. The fourth-order valence-electron chi connectivity index (χ4n) is 3.37. The van der Waals surface area contributed by atoms with Gasteiger partial charge in [-0.3, -0.25) is 9.59 Å². The highest BCUT2D eigenvalue weighted by atomic mass is 35.5. The number of halogens is 1. The minimum absolute atomic E-state index is 0.0140. The largest absolute Gasteiger partial charge is 0.377 e. The molecular weight excluding hydrogens is 454 g/mol. The van der Waals surface area contributed by atoms with Crippen molar-refractivity contribution in [2.75, 3.05) is 18.5 Å². The van der Waals surface area contributed by atoms with Gasteiger partial charge in [0.2, 0.25) is 10.0 Å². The van der Waals surface area contributed by atoms with Crippen LogP contribution in [-0.4, -0.2) is 45.5 Å². The van der Waals surface area contributed by atoms with Gasteiger partial charge in [-0.2, -0.15) is 0 Å². The van der Waals surface area contributed by atoms with Gasteiger partial charge in [0.1, 0.15) is 4.90 Å². The number of carbonyl (C=O) groups is 2. The van der Waals surface area contributed by atoms with Gasteiger partial charge < -0.3 is 15.4 Å². The molecule has 2 aromatic rings. The number of hydrogen-bond donors (Lipinski definition) is 3. The summed E-state index contributed by atoms with van der Waals surface area (Å²) in [5.41, 5.74) is 0.987. The topological polar surface area (TPSA) is 114 Å². The molecule has 1 atom stereocenters. The molecule has 2 aromatic carbocycles. The van der Waals surface area contributed by atoms with Gasteiger partial charge in [-0.15, -0.1) is 0 Å². The fraction of sp³-hybridized carbons (Fsp3) is 0.364. The van der Waals surface area contributed by atoms with Crippen molar-refractivity contribution in [2.45, 2.75) is 42.7 Å². The van der Waals surface area contributed by atoms with E-state index in [1.54, 1.807) is 24.3 Å². The molecule has 1 heterocycles. The summed E-state index contributed by atoms with van der Waals surface area (Å²) in [6.45, 7) is 0.761. The van der Waals surface area contributed by atoms with Crippen molar-refractivity contribution in [1.29, 1.82) is 0 Å². The zero-order valence-electron chi connectivity index (χ0n) is 17.3. The summed E-state index contributed by atoms with van der Waals surface area (Å²) >= 11 is 6.12. The molecule has 0 aromatic heterocycles. The van der Waals surface area contributed by atoms with Gasteiger partial charge in [-0.1, -0.05) is 17.7 Å². The van der Waals surface area contributed by atoms with Crippen LogP contribution in [0.3, 0.4) is 0 Å². The van der Waals surface area contributed by atoms with Crippen molar-refractivity contribution in [2.24, 2.45) is 0 Å². The van der Waals surface area contributed by atoms with E-state index in [-0.39, 0.29) is 40.1 Å². The van der Waals surface area contributed by atoms with Gasteiger partial charge in [-0.25, -0.2) is 13.1 Å². The van der Waals surface area contributed by atoms with Crippen LogP contribution >= 0.6 is 11.6 Å². The third-order valence-electron chi connectivity index (χ3n) is 5.30. The van der Waals surface area contributed by atoms with E-state index in [1.807, 2.05) is 0 Å². The molecule has 2 aliphatic rings. The highest BCUT2D eigenvalue weighted by molar-refractivity contribution is 7.89. The first-order chi connectivity index (χ1) is 15.3. The van der Waals surface area contributed by atoms with E-state index in [0.717, 1.165) is 25.7 Å². The van der Waals surface area contributed by atoms with Gasteiger partial charge in [0.25, 0.3) is 11.8 Å². The van der Waals surface area contributed by atoms with Gasteiger partial charge in [0.15, 0.2) is 0 Å². The van der Waals surface area contributed by atoms with Crippen LogP contribution in [0.15, 0.2) is 47.4 Å². The molecule has 2 amide bonds. The predicted molar refractivity (Wildman–Crippen MR) is 120 cm³/mol. The van der Waals surface area contributed by atoms with E-state index in [0.29, 0.717) is 17.9 Å². The number of anilines is 1. The zero-order valence-corrected chi connectivity index (χ0v) is 18.8. The van der Waals surface area contributed by atoms with Crippen molar-refractivity contribution < 1.29 is 22.7 Å². The van der Waals surface area contributed by atoms with Gasteiger partial charge >= 0.3 is 0 Å². The molecule has 4 rings (SSSR count). The fourth-order valence-corrected chi connectivity index (χ4v) is 4.96. The standard InChI is InChI=1S/C22H24ClN3O5S/c23-19-9-6-15(12-20(19)32(29,30)24-13-18-5-2-10-31-18)22(28)26-17-4-1-3-14(11-17)21(27)25-16-7-8-16/h1,3-4,6,9,11-12,16,18,24H,2,5,7-8,10,13H2,(H,25,27)(H,26,28)/t18-/m1/s1. The molecular formula is C22H24ClN3O5S. The van der Waals surface area contributed by atoms with Crippen molar-refractivity contribution in [3.8, 4) is 0 Å². The number of sulfonamides is 1. The summed E-state index contributed by atoms with van der Waals surface area (Å²) < 4.78 is 33.4. The SMILES string of the molecule is O=C(Nc1cccc(C(=O)NC2CC2)c1)c1ccc(Cl)c(S(=O)(=O)NC[C@H]2CCCO2)c1. The molecule has 10 heteroatoms. The van der Waals surface area contributed by atoms with E-state index >= 15 is 0 Å². The first kappa shape index (κ1) is 22.7. The Morgan fingerprint density at radius 1 is 1.03 bits per heavy atom. The molecule has 3 N–H and O–H groups in total. The van der Waals surface area contributed by atoms with Crippen molar-refractivity contribution in [3.05, 3.63) is 58.6 Å². The van der Waals surface area contributed by atoms with E-state index < -0.39 is 15.9 Å². The van der Waals surface area contributed by atoms with Gasteiger partial charge in [0, 0.05) is 36.0 Å². The maximum Gasteiger partial charge on any atom is 0.255 e. The Labute approximate surface area is 191 Å². The second kappa shape index (κ2) is 9.58. The van der Waals surface area contributed by atoms with Crippen LogP contribution in [0, 0.1) is 0 Å². The molecule has 1 saturated carbocycles. The molecule has 1 aliphatic carbocycles. The quantitative estimate of drug-likeness (QED) is 0.541. The van der Waals surface area contributed by atoms with Crippen LogP contribution in [0.2, 0.25) is 5.02 Å². The summed E-state index contributed by atoms with van der Waals surface area (Å²) in [6.07, 6.45) is 3.47. The van der Waals surface area contributed by atoms with Gasteiger partial charge in [0.05, 0.1) is 11.1 Å². The highest BCUT2D eigenvalue weighted by Crippen LogP contribution is 2.24. The van der Waals surface area contributed by atoms with Crippen LogP contribution in [0.5, 0.6) is 0 Å². The Morgan fingerprint density at radius 2 is 1.81 bits per heavy atom. The summed E-state index contributed by atoms with van der Waals surface area (Å²) in [6, 6.07) is 10.8. The van der Waals surface area contributed by atoms with Crippen LogP contribution < -0.4 is 15.4 Å². The zero-order chi connectivity index (χ0) is 22.7. The minimum Gasteiger partial charge on any atom is -0.377 e. The Balaban J connectivity index is 1.46. The Hall–Kier alpha value is -2.46. The molecule has 170 valence electrons. The Bertz CT molecular complexity index is 1130.